The Bertz CT molecular complexity index is 628. The molecular weight excluding hydrogens is 315 g/mol. The quantitative estimate of drug-likeness (QED) is 0.889. The minimum absolute atomic E-state index is 0.0941. The van der Waals surface area contributed by atoms with Gasteiger partial charge in [-0.1, -0.05) is 30.9 Å². The highest BCUT2D eigenvalue weighted by atomic mass is 35.5. The molecule has 21 heavy (non-hydrogen) atoms. The van der Waals surface area contributed by atoms with Crippen molar-refractivity contribution in [3.63, 3.8) is 0 Å². The molecule has 0 saturated heterocycles. The van der Waals surface area contributed by atoms with Crippen LogP contribution in [0.3, 0.4) is 0 Å². The fraction of sp³-hybridized carbons (Fsp3) is 0.571. The van der Waals surface area contributed by atoms with Gasteiger partial charge in [0.1, 0.15) is 10.7 Å². The molecule has 1 aliphatic rings. The number of rotatable bonds is 4. The predicted octanol–water partition coefficient (Wildman–Crippen LogP) is 2.94. The van der Waals surface area contributed by atoms with Gasteiger partial charge in [0.15, 0.2) is 0 Å². The van der Waals surface area contributed by atoms with E-state index in [1.54, 1.807) is 0 Å². The lowest BCUT2D eigenvalue weighted by atomic mass is 9.84. The fourth-order valence-electron chi connectivity index (χ4n) is 2.78. The normalized spacial score (nSPS) is 18.7. The summed E-state index contributed by atoms with van der Waals surface area (Å²) in [4.78, 5) is -0.428. The van der Waals surface area contributed by atoms with E-state index in [0.717, 1.165) is 38.2 Å². The van der Waals surface area contributed by atoms with Crippen molar-refractivity contribution in [2.75, 3.05) is 0 Å². The van der Waals surface area contributed by atoms with Gasteiger partial charge in [0.05, 0.1) is 0 Å². The zero-order valence-corrected chi connectivity index (χ0v) is 13.5. The number of hydrogen-bond donors (Lipinski definition) is 2. The van der Waals surface area contributed by atoms with Crippen LogP contribution in [0.5, 0.6) is 0 Å². The van der Waals surface area contributed by atoms with Crippen LogP contribution in [-0.2, 0) is 16.6 Å². The molecule has 4 nitrogen and oxygen atoms in total. The Morgan fingerprint density at radius 2 is 1.95 bits per heavy atom. The van der Waals surface area contributed by atoms with E-state index in [4.69, 9.17) is 17.3 Å². The Hall–Kier alpha value is -0.690. The van der Waals surface area contributed by atoms with Crippen LogP contribution >= 0.6 is 11.6 Å². The smallest absolute Gasteiger partial charge is 0.244 e. The van der Waals surface area contributed by atoms with E-state index in [1.807, 2.05) is 6.92 Å². The Morgan fingerprint density at radius 3 is 2.52 bits per heavy atom. The lowest BCUT2D eigenvalue weighted by Gasteiger charge is -2.34. The molecule has 0 amide bonds. The predicted molar refractivity (Wildman–Crippen MR) is 81.1 cm³/mol. The first-order valence-electron chi connectivity index (χ1n) is 6.99. The summed E-state index contributed by atoms with van der Waals surface area (Å²) in [5.41, 5.74) is 4.99. The summed E-state index contributed by atoms with van der Waals surface area (Å²) in [6.07, 6.45) is 4.52. The van der Waals surface area contributed by atoms with E-state index in [1.165, 1.54) is 6.07 Å². The highest BCUT2D eigenvalue weighted by Crippen LogP contribution is 2.31. The third kappa shape index (κ3) is 3.74. The number of benzene rings is 1. The lowest BCUT2D eigenvalue weighted by Crippen LogP contribution is -2.47. The minimum atomic E-state index is -3.97. The molecule has 1 aliphatic carbocycles. The Balaban J connectivity index is 2.38. The zero-order chi connectivity index (χ0) is 15.7. The van der Waals surface area contributed by atoms with Gasteiger partial charge < -0.3 is 5.73 Å². The van der Waals surface area contributed by atoms with Gasteiger partial charge in [-0.15, -0.1) is 0 Å². The summed E-state index contributed by atoms with van der Waals surface area (Å²) in [5.74, 6) is -0.825. The summed E-state index contributed by atoms with van der Waals surface area (Å²) in [5, 5.41) is 0.158. The molecule has 0 spiro atoms. The molecule has 0 heterocycles. The molecule has 118 valence electrons. The first-order valence-corrected chi connectivity index (χ1v) is 8.85. The van der Waals surface area contributed by atoms with Crippen molar-refractivity contribution < 1.29 is 12.8 Å². The molecule has 3 N–H and O–H groups in total. The van der Waals surface area contributed by atoms with Crippen LogP contribution in [0.2, 0.25) is 5.02 Å². The average molecular weight is 335 g/mol. The maximum Gasteiger partial charge on any atom is 0.244 e. The maximum absolute atomic E-state index is 14.3. The Morgan fingerprint density at radius 1 is 1.33 bits per heavy atom. The largest absolute Gasteiger partial charge is 0.326 e. The monoisotopic (exact) mass is 334 g/mol. The molecule has 1 saturated carbocycles. The van der Waals surface area contributed by atoms with Gasteiger partial charge in [-0.05, 0) is 31.9 Å². The molecule has 0 aliphatic heterocycles. The highest BCUT2D eigenvalue weighted by Gasteiger charge is 2.33. The second-order valence-electron chi connectivity index (χ2n) is 5.81. The topological polar surface area (TPSA) is 72.2 Å². The van der Waals surface area contributed by atoms with Gasteiger partial charge in [-0.2, -0.15) is 0 Å². The van der Waals surface area contributed by atoms with Crippen molar-refractivity contribution in [1.29, 1.82) is 0 Å². The third-order valence-corrected chi connectivity index (χ3v) is 5.78. The fourth-order valence-corrected chi connectivity index (χ4v) is 4.69. The molecule has 1 fully saturated rings. The molecule has 0 aromatic heterocycles. The van der Waals surface area contributed by atoms with Gasteiger partial charge >= 0.3 is 0 Å². The molecule has 0 bridgehead atoms. The summed E-state index contributed by atoms with van der Waals surface area (Å²) < 4.78 is 41.9. The number of nitrogens with two attached hydrogens (primary N) is 1. The van der Waals surface area contributed by atoms with E-state index in [-0.39, 0.29) is 17.1 Å². The number of halogens is 2. The minimum Gasteiger partial charge on any atom is -0.326 e. The van der Waals surface area contributed by atoms with Gasteiger partial charge in [0, 0.05) is 22.7 Å². The van der Waals surface area contributed by atoms with Gasteiger partial charge in [-0.3, -0.25) is 0 Å². The van der Waals surface area contributed by atoms with Crippen molar-refractivity contribution in [2.24, 2.45) is 5.73 Å². The van der Waals surface area contributed by atoms with Crippen molar-refractivity contribution in [2.45, 2.75) is 56.0 Å². The lowest BCUT2D eigenvalue weighted by molar-refractivity contribution is 0.293. The van der Waals surface area contributed by atoms with Crippen molar-refractivity contribution in [3.8, 4) is 0 Å². The van der Waals surface area contributed by atoms with Crippen LogP contribution in [0.4, 0.5) is 4.39 Å². The summed E-state index contributed by atoms with van der Waals surface area (Å²) in [6, 6.07) is 2.48. The van der Waals surface area contributed by atoms with Gasteiger partial charge in [0.25, 0.3) is 0 Å². The molecule has 7 heteroatoms. The average Bonchev–Trinajstić information content (AvgIpc) is 2.40. The first-order chi connectivity index (χ1) is 9.77. The molecule has 2 rings (SSSR count). The molecule has 0 radical (unpaired) electrons. The molecule has 0 atom stereocenters. The van der Waals surface area contributed by atoms with E-state index >= 15 is 0 Å². The van der Waals surface area contributed by atoms with Crippen molar-refractivity contribution in [3.05, 3.63) is 28.5 Å². The van der Waals surface area contributed by atoms with Crippen LogP contribution < -0.4 is 10.5 Å². The van der Waals surface area contributed by atoms with Crippen LogP contribution in [0.15, 0.2) is 17.0 Å². The third-order valence-electron chi connectivity index (χ3n) is 3.93. The molecule has 0 unspecified atom stereocenters. The summed E-state index contributed by atoms with van der Waals surface area (Å²) in [6.45, 7) is 1.75. The Kier molecular flexibility index (Phi) is 4.92. The van der Waals surface area contributed by atoms with E-state index in [0.29, 0.717) is 0 Å². The standard InChI is InChI=1S/C14H20ClFN2O2S/c1-14(5-3-2-4-6-14)18-21(19,20)12-8-11(15)7-10(9-17)13(12)16/h7-8,18H,2-6,9,17H2,1H3. The number of sulfonamides is 1. The Labute approximate surface area is 129 Å². The summed E-state index contributed by atoms with van der Waals surface area (Å²) in [7, 11) is -3.97. The second-order valence-corrected chi connectivity index (χ2v) is 7.90. The van der Waals surface area contributed by atoms with Crippen LogP contribution in [-0.4, -0.2) is 14.0 Å². The van der Waals surface area contributed by atoms with Crippen LogP contribution in [0.25, 0.3) is 0 Å². The first kappa shape index (κ1) is 16.7. The van der Waals surface area contributed by atoms with E-state index in [9.17, 15) is 12.8 Å². The van der Waals surface area contributed by atoms with Crippen molar-refractivity contribution in [1.82, 2.24) is 4.72 Å². The number of nitrogens with one attached hydrogen (secondary N) is 1. The molecular formula is C14H20ClFN2O2S. The van der Waals surface area contributed by atoms with Crippen LogP contribution in [0, 0.1) is 5.82 Å². The zero-order valence-electron chi connectivity index (χ0n) is 12.0. The van der Waals surface area contributed by atoms with Gasteiger partial charge in [0.2, 0.25) is 10.0 Å². The number of hydrogen-bond acceptors (Lipinski definition) is 3. The van der Waals surface area contributed by atoms with E-state index in [2.05, 4.69) is 4.72 Å². The van der Waals surface area contributed by atoms with Gasteiger partial charge in [-0.25, -0.2) is 17.5 Å². The molecule has 1 aromatic rings. The second kappa shape index (κ2) is 6.20. The highest BCUT2D eigenvalue weighted by molar-refractivity contribution is 7.89. The van der Waals surface area contributed by atoms with Crippen LogP contribution in [0.1, 0.15) is 44.6 Å². The van der Waals surface area contributed by atoms with Crippen molar-refractivity contribution >= 4 is 21.6 Å². The molecule has 1 aromatic carbocycles. The SMILES string of the molecule is CC1(NS(=O)(=O)c2cc(Cl)cc(CN)c2F)CCCCC1. The van der Waals surface area contributed by atoms with E-state index < -0.39 is 26.3 Å². The summed E-state index contributed by atoms with van der Waals surface area (Å²) >= 11 is 5.87. The maximum atomic E-state index is 14.3.